The van der Waals surface area contributed by atoms with Gasteiger partial charge in [0.25, 0.3) is 0 Å². The lowest BCUT2D eigenvalue weighted by Crippen LogP contribution is -2.35. The summed E-state index contributed by atoms with van der Waals surface area (Å²) < 4.78 is 5.62. The van der Waals surface area contributed by atoms with Gasteiger partial charge in [0.2, 0.25) is 0 Å². The third-order valence-electron chi connectivity index (χ3n) is 2.65. The summed E-state index contributed by atoms with van der Waals surface area (Å²) in [7, 11) is -1.28. The Morgan fingerprint density at radius 2 is 2.07 bits per heavy atom. The van der Waals surface area contributed by atoms with Crippen molar-refractivity contribution in [1.29, 1.82) is 0 Å². The molecule has 0 spiro atoms. The molecular formula is C12H18NOSi. The molecule has 15 heavy (non-hydrogen) atoms. The van der Waals surface area contributed by atoms with Crippen LogP contribution in [0.2, 0.25) is 19.6 Å². The summed E-state index contributed by atoms with van der Waals surface area (Å²) in [5.41, 5.74) is 1.45. The second-order valence-corrected chi connectivity index (χ2v) is 10.2. The SMILES string of the molecule is C[C@@H]1COC([C]2[CH][CH][CH][C]2[Si](C)(C)C)=N1. The van der Waals surface area contributed by atoms with Gasteiger partial charge in [0.05, 0.1) is 20.0 Å². The normalized spacial score (nSPS) is 29.3. The molecule has 1 atom stereocenters. The van der Waals surface area contributed by atoms with Gasteiger partial charge in [-0.1, -0.05) is 19.6 Å². The fraction of sp³-hybridized carbons (Fsp3) is 0.500. The minimum absolute atomic E-state index is 0.310. The van der Waals surface area contributed by atoms with Crippen LogP contribution < -0.4 is 0 Å². The maximum atomic E-state index is 5.62. The number of nitrogens with zero attached hydrogens (tertiary/aromatic N) is 1. The Kier molecular flexibility index (Phi) is 2.93. The zero-order valence-corrected chi connectivity index (χ0v) is 10.9. The van der Waals surface area contributed by atoms with E-state index in [0.717, 1.165) is 12.5 Å². The molecule has 2 aliphatic rings. The smallest absolute Gasteiger partial charge is 0.191 e. The average Bonchev–Trinajstić information content (AvgIpc) is 2.68. The molecule has 1 saturated carbocycles. The topological polar surface area (TPSA) is 21.6 Å². The molecule has 0 saturated heterocycles. The highest BCUT2D eigenvalue weighted by Crippen LogP contribution is 2.41. The Morgan fingerprint density at radius 3 is 2.60 bits per heavy atom. The molecule has 1 aliphatic carbocycles. The van der Waals surface area contributed by atoms with E-state index < -0.39 is 8.07 Å². The molecule has 0 amide bonds. The largest absolute Gasteiger partial charge is 0.478 e. The number of rotatable bonds is 2. The molecule has 0 aromatic rings. The van der Waals surface area contributed by atoms with Gasteiger partial charge in [-0.3, -0.25) is 0 Å². The number of hydrogen-bond donors (Lipinski definition) is 0. The highest BCUT2D eigenvalue weighted by atomic mass is 28.3. The molecule has 1 fully saturated rings. The van der Waals surface area contributed by atoms with Crippen LogP contribution in [0.4, 0.5) is 0 Å². The standard InChI is InChI=1S/C12H18NOSi/c1-9-8-14-12(13-9)10-6-5-7-11(10)15(2,3)4/h5-7,9H,8H2,1-4H3/t9-/m1/s1. The van der Waals surface area contributed by atoms with E-state index in [4.69, 9.17) is 4.74 Å². The minimum Gasteiger partial charge on any atom is -0.478 e. The highest BCUT2D eigenvalue weighted by molar-refractivity contribution is 6.83. The molecule has 0 unspecified atom stereocenters. The Labute approximate surface area is 94.1 Å². The van der Waals surface area contributed by atoms with E-state index in [1.165, 1.54) is 11.5 Å². The summed E-state index contributed by atoms with van der Waals surface area (Å²) in [6.07, 6.45) is 6.46. The van der Waals surface area contributed by atoms with Crippen LogP contribution in [0.1, 0.15) is 6.92 Å². The van der Waals surface area contributed by atoms with E-state index in [-0.39, 0.29) is 0 Å². The van der Waals surface area contributed by atoms with E-state index >= 15 is 0 Å². The lowest BCUT2D eigenvalue weighted by molar-refractivity contribution is 0.321. The third kappa shape index (κ3) is 2.27. The van der Waals surface area contributed by atoms with Crippen molar-refractivity contribution < 1.29 is 4.74 Å². The van der Waals surface area contributed by atoms with E-state index in [1.54, 1.807) is 0 Å². The van der Waals surface area contributed by atoms with Crippen LogP contribution in [0.25, 0.3) is 0 Å². The number of aliphatic imine (C=N–C) groups is 1. The van der Waals surface area contributed by atoms with Gasteiger partial charge in [0, 0.05) is 0 Å². The lowest BCUT2D eigenvalue weighted by Gasteiger charge is -2.28. The summed E-state index contributed by atoms with van der Waals surface area (Å²) in [5.74, 6) is 2.07. The molecule has 1 aliphatic heterocycles. The van der Waals surface area contributed by atoms with E-state index in [0.29, 0.717) is 6.04 Å². The maximum absolute atomic E-state index is 5.62. The van der Waals surface area contributed by atoms with Gasteiger partial charge >= 0.3 is 0 Å². The first kappa shape index (κ1) is 11.2. The molecule has 0 aromatic heterocycles. The Hall–Kier alpha value is -0.313. The first-order valence-electron chi connectivity index (χ1n) is 5.45. The van der Waals surface area contributed by atoms with Gasteiger partial charge < -0.3 is 4.74 Å². The molecule has 3 heteroatoms. The maximum Gasteiger partial charge on any atom is 0.191 e. The number of ether oxygens (including phenoxy) is 1. The fourth-order valence-corrected chi connectivity index (χ4v) is 3.48. The fourth-order valence-electron chi connectivity index (χ4n) is 1.88. The van der Waals surface area contributed by atoms with Crippen LogP contribution >= 0.6 is 0 Å². The first-order valence-corrected chi connectivity index (χ1v) is 8.95. The van der Waals surface area contributed by atoms with Gasteiger partial charge in [-0.15, -0.1) is 0 Å². The predicted molar refractivity (Wildman–Crippen MR) is 65.6 cm³/mol. The summed E-state index contributed by atoms with van der Waals surface area (Å²) in [6.45, 7) is 9.87. The lowest BCUT2D eigenvalue weighted by atomic mass is 10.1. The van der Waals surface area contributed by atoms with Crippen molar-refractivity contribution in [2.45, 2.75) is 32.6 Å². The van der Waals surface area contributed by atoms with E-state index in [9.17, 15) is 0 Å². The zero-order valence-electron chi connectivity index (χ0n) is 9.87. The van der Waals surface area contributed by atoms with Crippen LogP contribution in [-0.2, 0) is 4.74 Å². The Morgan fingerprint density at radius 1 is 1.33 bits per heavy atom. The third-order valence-corrected chi connectivity index (χ3v) is 4.71. The van der Waals surface area contributed by atoms with E-state index in [2.05, 4.69) is 50.8 Å². The van der Waals surface area contributed by atoms with Gasteiger partial charge in [0.15, 0.2) is 5.90 Å². The van der Waals surface area contributed by atoms with Crippen LogP contribution in [0.5, 0.6) is 0 Å². The molecule has 2 rings (SSSR count). The van der Waals surface area contributed by atoms with Crippen molar-refractivity contribution in [3.05, 3.63) is 30.7 Å². The molecular weight excluding hydrogens is 202 g/mol. The number of hydrogen-bond acceptors (Lipinski definition) is 2. The monoisotopic (exact) mass is 220 g/mol. The molecule has 0 N–H and O–H groups in total. The van der Waals surface area contributed by atoms with Crippen LogP contribution in [0.3, 0.4) is 0 Å². The van der Waals surface area contributed by atoms with Gasteiger partial charge in [-0.2, -0.15) is 0 Å². The molecule has 0 aromatic carbocycles. The minimum atomic E-state index is -1.28. The van der Waals surface area contributed by atoms with Crippen LogP contribution in [-0.4, -0.2) is 26.6 Å². The van der Waals surface area contributed by atoms with Crippen molar-refractivity contribution >= 4 is 14.0 Å². The van der Waals surface area contributed by atoms with Gasteiger partial charge in [-0.25, -0.2) is 4.99 Å². The molecule has 5 radical (unpaired) electrons. The average molecular weight is 220 g/mol. The molecule has 1 heterocycles. The summed E-state index contributed by atoms with van der Waals surface area (Å²) in [6, 6.07) is 0.310. The van der Waals surface area contributed by atoms with Crippen molar-refractivity contribution in [2.24, 2.45) is 4.99 Å². The van der Waals surface area contributed by atoms with Crippen molar-refractivity contribution in [3.63, 3.8) is 0 Å². The summed E-state index contributed by atoms with van der Waals surface area (Å²) in [4.78, 5) is 4.52. The Bertz CT molecular complexity index is 269. The van der Waals surface area contributed by atoms with Gasteiger partial charge in [-0.05, 0) is 31.7 Å². The van der Waals surface area contributed by atoms with E-state index in [1.807, 2.05) is 0 Å². The summed E-state index contributed by atoms with van der Waals surface area (Å²) >= 11 is 0. The van der Waals surface area contributed by atoms with Crippen molar-refractivity contribution in [1.82, 2.24) is 0 Å². The van der Waals surface area contributed by atoms with Crippen molar-refractivity contribution in [3.8, 4) is 0 Å². The quantitative estimate of drug-likeness (QED) is 0.655. The summed E-state index contributed by atoms with van der Waals surface area (Å²) in [5, 5.41) is 0. The molecule has 0 bridgehead atoms. The van der Waals surface area contributed by atoms with Gasteiger partial charge in [0.1, 0.15) is 6.61 Å². The molecule has 2 nitrogen and oxygen atoms in total. The second kappa shape index (κ2) is 3.93. The highest BCUT2D eigenvalue weighted by Gasteiger charge is 2.43. The Balaban J connectivity index is 2.12. The van der Waals surface area contributed by atoms with Crippen molar-refractivity contribution in [2.75, 3.05) is 6.61 Å². The zero-order chi connectivity index (χ0) is 11.1. The first-order chi connectivity index (χ1) is 6.98. The van der Waals surface area contributed by atoms with Crippen LogP contribution in [0.15, 0.2) is 4.99 Å². The molecule has 81 valence electrons. The second-order valence-electron chi connectivity index (χ2n) is 5.20. The van der Waals surface area contributed by atoms with Crippen LogP contribution in [0, 0.1) is 30.7 Å². The predicted octanol–water partition coefficient (Wildman–Crippen LogP) is 2.46.